The van der Waals surface area contributed by atoms with Crippen molar-refractivity contribution in [2.24, 2.45) is 5.41 Å². The molecule has 2 aromatic rings. The monoisotopic (exact) mass is 340 g/mol. The number of nitrogens with zero attached hydrogens (tertiary/aromatic N) is 2. The summed E-state index contributed by atoms with van der Waals surface area (Å²) in [5.74, 6) is 0.747. The largest absolute Gasteiger partial charge is 0.457 e. The molecule has 0 radical (unpaired) electrons. The second-order valence-electron chi connectivity index (χ2n) is 7.39. The molecule has 1 fully saturated rings. The Morgan fingerprint density at radius 1 is 1.04 bits per heavy atom. The van der Waals surface area contributed by atoms with Crippen LogP contribution in [0, 0.1) is 5.41 Å². The number of hydrogen-bond acceptors (Lipinski definition) is 3. The fourth-order valence-corrected chi connectivity index (χ4v) is 2.95. The van der Waals surface area contributed by atoms with Gasteiger partial charge in [-0.3, -0.25) is 9.59 Å². The number of amides is 2. The number of piperazine rings is 1. The van der Waals surface area contributed by atoms with Gasteiger partial charge in [-0.25, -0.2) is 0 Å². The summed E-state index contributed by atoms with van der Waals surface area (Å²) in [6, 6.07) is 9.67. The fraction of sp³-hybridized carbons (Fsp3) is 0.400. The zero-order valence-corrected chi connectivity index (χ0v) is 15.0. The van der Waals surface area contributed by atoms with Crippen molar-refractivity contribution in [3.8, 4) is 0 Å². The van der Waals surface area contributed by atoms with E-state index in [4.69, 9.17) is 4.42 Å². The summed E-state index contributed by atoms with van der Waals surface area (Å²) in [5, 5.41) is 1.02. The molecule has 0 saturated carbocycles. The van der Waals surface area contributed by atoms with Crippen LogP contribution in [0.3, 0.4) is 0 Å². The molecule has 2 heterocycles. The number of para-hydroxylation sites is 1. The lowest BCUT2D eigenvalue weighted by atomic mass is 9.94. The van der Waals surface area contributed by atoms with E-state index in [1.807, 2.05) is 56.0 Å². The van der Waals surface area contributed by atoms with E-state index in [-0.39, 0.29) is 17.2 Å². The summed E-state index contributed by atoms with van der Waals surface area (Å²) in [5.41, 5.74) is 0.428. The van der Waals surface area contributed by atoms with E-state index in [0.29, 0.717) is 31.9 Å². The first-order valence-corrected chi connectivity index (χ1v) is 8.59. The average Bonchev–Trinajstić information content (AvgIpc) is 3.01. The van der Waals surface area contributed by atoms with Crippen LogP contribution in [-0.4, -0.2) is 47.8 Å². The minimum atomic E-state index is -0.382. The lowest BCUT2D eigenvalue weighted by Gasteiger charge is -2.37. The molecule has 1 aromatic carbocycles. The third-order valence-electron chi connectivity index (χ3n) is 4.35. The predicted molar refractivity (Wildman–Crippen MR) is 97.9 cm³/mol. The Kier molecular flexibility index (Phi) is 4.66. The van der Waals surface area contributed by atoms with Crippen molar-refractivity contribution in [2.45, 2.75) is 20.8 Å². The second kappa shape index (κ2) is 6.75. The van der Waals surface area contributed by atoms with Gasteiger partial charge in [-0.05, 0) is 18.2 Å². The van der Waals surface area contributed by atoms with Gasteiger partial charge in [-0.15, -0.1) is 0 Å². The Morgan fingerprint density at radius 3 is 2.32 bits per heavy atom. The number of rotatable bonds is 2. The van der Waals surface area contributed by atoms with Crippen LogP contribution in [0.4, 0.5) is 0 Å². The highest BCUT2D eigenvalue weighted by Gasteiger charge is 2.30. The van der Waals surface area contributed by atoms with Crippen molar-refractivity contribution in [3.05, 3.63) is 42.2 Å². The average molecular weight is 340 g/mol. The van der Waals surface area contributed by atoms with Crippen LogP contribution >= 0.6 is 0 Å². The smallest absolute Gasteiger partial charge is 0.246 e. The van der Waals surface area contributed by atoms with Crippen LogP contribution in [0.1, 0.15) is 26.5 Å². The zero-order chi connectivity index (χ0) is 18.0. The van der Waals surface area contributed by atoms with E-state index in [9.17, 15) is 9.59 Å². The Labute approximate surface area is 147 Å². The molecule has 5 nitrogen and oxygen atoms in total. The SMILES string of the molecule is CC(C)(C)C(=O)N1CCN(C(=O)/C=C/c2cc3ccccc3o2)CC1. The van der Waals surface area contributed by atoms with Gasteiger partial charge in [0.15, 0.2) is 0 Å². The summed E-state index contributed by atoms with van der Waals surface area (Å²) in [7, 11) is 0. The van der Waals surface area contributed by atoms with Crippen LogP contribution in [0.2, 0.25) is 0 Å². The highest BCUT2D eigenvalue weighted by atomic mass is 16.3. The van der Waals surface area contributed by atoms with Gasteiger partial charge in [0.05, 0.1) is 0 Å². The van der Waals surface area contributed by atoms with Crippen LogP contribution < -0.4 is 0 Å². The van der Waals surface area contributed by atoms with Gasteiger partial charge < -0.3 is 14.2 Å². The minimum absolute atomic E-state index is 0.0525. The van der Waals surface area contributed by atoms with Crippen molar-refractivity contribution >= 4 is 28.9 Å². The molecule has 0 bridgehead atoms. The van der Waals surface area contributed by atoms with Gasteiger partial charge >= 0.3 is 0 Å². The third kappa shape index (κ3) is 3.92. The molecule has 1 aliphatic heterocycles. The van der Waals surface area contributed by atoms with Gasteiger partial charge in [-0.1, -0.05) is 39.0 Å². The lowest BCUT2D eigenvalue weighted by Crippen LogP contribution is -2.52. The minimum Gasteiger partial charge on any atom is -0.457 e. The van der Waals surface area contributed by atoms with Crippen LogP contribution in [0.15, 0.2) is 40.8 Å². The first-order valence-electron chi connectivity index (χ1n) is 8.59. The van der Waals surface area contributed by atoms with E-state index in [2.05, 4.69) is 0 Å². The van der Waals surface area contributed by atoms with Crippen molar-refractivity contribution in [1.29, 1.82) is 0 Å². The van der Waals surface area contributed by atoms with E-state index in [0.717, 1.165) is 11.0 Å². The second-order valence-corrected chi connectivity index (χ2v) is 7.39. The maximum atomic E-state index is 12.4. The summed E-state index contributed by atoms with van der Waals surface area (Å²) in [6.45, 7) is 8.05. The molecule has 1 aliphatic rings. The molecule has 0 N–H and O–H groups in total. The van der Waals surface area contributed by atoms with Crippen LogP contribution in [-0.2, 0) is 9.59 Å². The first kappa shape index (κ1) is 17.3. The summed E-state index contributed by atoms with van der Waals surface area (Å²) >= 11 is 0. The molecule has 0 atom stereocenters. The molecule has 5 heteroatoms. The van der Waals surface area contributed by atoms with Gasteiger partial charge in [0.1, 0.15) is 11.3 Å². The summed E-state index contributed by atoms with van der Waals surface area (Å²) in [6.07, 6.45) is 3.24. The summed E-state index contributed by atoms with van der Waals surface area (Å²) in [4.78, 5) is 28.3. The number of furan rings is 1. The van der Waals surface area contributed by atoms with Gasteiger partial charge in [0.25, 0.3) is 0 Å². The van der Waals surface area contributed by atoms with Gasteiger partial charge in [0, 0.05) is 43.1 Å². The molecular formula is C20H24N2O3. The molecule has 25 heavy (non-hydrogen) atoms. The third-order valence-corrected chi connectivity index (χ3v) is 4.35. The number of benzene rings is 1. The molecule has 1 aromatic heterocycles. The molecule has 0 spiro atoms. The number of fused-ring (bicyclic) bond motifs is 1. The maximum absolute atomic E-state index is 12.4. The van der Waals surface area contributed by atoms with Crippen molar-refractivity contribution in [3.63, 3.8) is 0 Å². The van der Waals surface area contributed by atoms with E-state index in [1.165, 1.54) is 0 Å². The van der Waals surface area contributed by atoms with Crippen molar-refractivity contribution in [1.82, 2.24) is 9.80 Å². The number of carbonyl (C=O) groups excluding carboxylic acids is 2. The van der Waals surface area contributed by atoms with Gasteiger partial charge in [-0.2, -0.15) is 0 Å². The first-order chi connectivity index (χ1) is 11.8. The predicted octanol–water partition coefficient (Wildman–Crippen LogP) is 3.16. The van der Waals surface area contributed by atoms with Crippen molar-refractivity contribution in [2.75, 3.05) is 26.2 Å². The lowest BCUT2D eigenvalue weighted by molar-refractivity contribution is -0.143. The normalized spacial score (nSPS) is 16.0. The maximum Gasteiger partial charge on any atom is 0.246 e. The highest BCUT2D eigenvalue weighted by Crippen LogP contribution is 2.20. The standard InChI is InChI=1S/C20H24N2O3/c1-20(2,3)19(24)22-12-10-21(11-13-22)18(23)9-8-16-14-15-6-4-5-7-17(15)25-16/h4-9,14H,10-13H2,1-3H3/b9-8+. The van der Waals surface area contributed by atoms with Crippen molar-refractivity contribution < 1.29 is 14.0 Å². The fourth-order valence-electron chi connectivity index (χ4n) is 2.95. The number of carbonyl (C=O) groups is 2. The van der Waals surface area contributed by atoms with Gasteiger partial charge in [0.2, 0.25) is 11.8 Å². The Balaban J connectivity index is 1.58. The molecule has 132 valence electrons. The van der Waals surface area contributed by atoms with Crippen LogP contribution in [0.25, 0.3) is 17.0 Å². The molecule has 0 aliphatic carbocycles. The van der Waals surface area contributed by atoms with Crippen LogP contribution in [0.5, 0.6) is 0 Å². The Bertz CT molecular complexity index is 773. The molecular weight excluding hydrogens is 316 g/mol. The molecule has 3 rings (SSSR count). The zero-order valence-electron chi connectivity index (χ0n) is 15.0. The quantitative estimate of drug-likeness (QED) is 0.789. The molecule has 2 amide bonds. The Morgan fingerprint density at radius 2 is 1.68 bits per heavy atom. The summed E-state index contributed by atoms with van der Waals surface area (Å²) < 4.78 is 5.68. The van der Waals surface area contributed by atoms with E-state index < -0.39 is 0 Å². The van der Waals surface area contributed by atoms with E-state index >= 15 is 0 Å². The number of hydrogen-bond donors (Lipinski definition) is 0. The van der Waals surface area contributed by atoms with E-state index in [1.54, 1.807) is 17.1 Å². The molecule has 1 saturated heterocycles. The highest BCUT2D eigenvalue weighted by molar-refractivity contribution is 5.92. The Hall–Kier alpha value is -2.56. The topological polar surface area (TPSA) is 53.8 Å². The molecule has 0 unspecified atom stereocenters.